The largest absolute Gasteiger partial charge is 0.497 e. The molecule has 1 saturated carbocycles. The highest BCUT2D eigenvalue weighted by Crippen LogP contribution is 2.33. The van der Waals surface area contributed by atoms with Crippen molar-refractivity contribution in [2.24, 2.45) is 0 Å². The number of hydrogen-bond acceptors (Lipinski definition) is 8. The fourth-order valence-electron chi connectivity index (χ4n) is 5.74. The molecule has 0 unspecified atom stereocenters. The molecule has 198 valence electrons. The third-order valence-corrected chi connectivity index (χ3v) is 7.76. The Kier molecular flexibility index (Phi) is 6.67. The van der Waals surface area contributed by atoms with Crippen LogP contribution in [0.2, 0.25) is 0 Å². The normalized spacial score (nSPS) is 18.1. The van der Waals surface area contributed by atoms with Gasteiger partial charge in [-0.2, -0.15) is 0 Å². The summed E-state index contributed by atoms with van der Waals surface area (Å²) in [4.78, 5) is 33.4. The van der Waals surface area contributed by atoms with Gasteiger partial charge in [0.2, 0.25) is 0 Å². The molecule has 1 saturated heterocycles. The van der Waals surface area contributed by atoms with Crippen LogP contribution in [0.5, 0.6) is 5.75 Å². The molecule has 1 aliphatic heterocycles. The molecule has 11 heteroatoms. The number of hydrogen-bond donors (Lipinski definition) is 1. The summed E-state index contributed by atoms with van der Waals surface area (Å²) < 4.78 is 12.7. The van der Waals surface area contributed by atoms with E-state index in [9.17, 15) is 9.59 Å². The zero-order chi connectivity index (χ0) is 26.1. The van der Waals surface area contributed by atoms with Crippen molar-refractivity contribution in [2.75, 3.05) is 33.3 Å². The van der Waals surface area contributed by atoms with Crippen molar-refractivity contribution in [1.82, 2.24) is 35.0 Å². The highest BCUT2D eigenvalue weighted by molar-refractivity contribution is 5.91. The first-order valence-corrected chi connectivity index (χ1v) is 13.2. The summed E-state index contributed by atoms with van der Waals surface area (Å²) in [6, 6.07) is 10.6. The lowest BCUT2D eigenvalue weighted by atomic mass is 9.95. The van der Waals surface area contributed by atoms with Gasteiger partial charge in [-0.05, 0) is 59.7 Å². The molecule has 4 heterocycles. The number of pyridine rings is 1. The second-order valence-electron chi connectivity index (χ2n) is 9.99. The first kappa shape index (κ1) is 24.4. The minimum Gasteiger partial charge on any atom is -0.497 e. The van der Waals surface area contributed by atoms with Crippen molar-refractivity contribution < 1.29 is 13.9 Å². The number of benzene rings is 1. The summed E-state index contributed by atoms with van der Waals surface area (Å²) >= 11 is 0. The number of aromatic nitrogens is 5. The Hall–Kier alpha value is -3.99. The van der Waals surface area contributed by atoms with Crippen LogP contribution in [0.15, 0.2) is 51.9 Å². The summed E-state index contributed by atoms with van der Waals surface area (Å²) in [6.45, 7) is 2.12. The van der Waals surface area contributed by atoms with E-state index < -0.39 is 6.04 Å². The molecule has 4 aromatic rings. The number of nitrogens with one attached hydrogen (secondary N) is 1. The van der Waals surface area contributed by atoms with E-state index in [0.29, 0.717) is 49.1 Å². The first-order chi connectivity index (χ1) is 18.6. The van der Waals surface area contributed by atoms with Gasteiger partial charge >= 0.3 is 0 Å². The van der Waals surface area contributed by atoms with Crippen LogP contribution in [-0.2, 0) is 0 Å². The van der Waals surface area contributed by atoms with Crippen LogP contribution < -0.4 is 10.3 Å². The summed E-state index contributed by atoms with van der Waals surface area (Å²) in [6.07, 6.45) is 7.03. The van der Waals surface area contributed by atoms with E-state index in [1.807, 2.05) is 28.9 Å². The number of furan rings is 1. The van der Waals surface area contributed by atoms with E-state index in [4.69, 9.17) is 9.15 Å². The fourth-order valence-corrected chi connectivity index (χ4v) is 5.74. The van der Waals surface area contributed by atoms with Gasteiger partial charge in [0.25, 0.3) is 11.5 Å². The number of carbonyl (C=O) groups excluding carboxylic acids is 1. The number of nitrogens with zero attached hydrogens (tertiary/aromatic N) is 6. The summed E-state index contributed by atoms with van der Waals surface area (Å²) in [5.41, 5.74) is 1.13. The minimum atomic E-state index is -0.466. The standard InChI is InChI=1S/C27H31N7O4/c1-37-20-9-10-22-18(16-20)17-21(26(35)28-22)24(25-29-30-31-34(25)19-6-3-2-4-7-19)32-11-13-33(14-12-32)27(36)23-8-5-15-38-23/h5,8-10,15-17,19,24H,2-4,6-7,11-14H2,1H3,(H,28,35)/t24-/m0/s1. The van der Waals surface area contributed by atoms with E-state index in [2.05, 4.69) is 25.4 Å². The van der Waals surface area contributed by atoms with Crippen LogP contribution in [0.4, 0.5) is 0 Å². The van der Waals surface area contributed by atoms with Crippen LogP contribution >= 0.6 is 0 Å². The molecule has 1 aliphatic carbocycles. The highest BCUT2D eigenvalue weighted by atomic mass is 16.5. The van der Waals surface area contributed by atoms with Gasteiger partial charge in [0.15, 0.2) is 11.6 Å². The van der Waals surface area contributed by atoms with Crippen LogP contribution in [0.1, 0.15) is 66.1 Å². The van der Waals surface area contributed by atoms with Gasteiger partial charge in [-0.25, -0.2) is 4.68 Å². The number of piperazine rings is 1. The van der Waals surface area contributed by atoms with Gasteiger partial charge < -0.3 is 19.0 Å². The molecule has 0 bridgehead atoms. The number of aromatic amines is 1. The van der Waals surface area contributed by atoms with Crippen LogP contribution in [-0.4, -0.2) is 74.2 Å². The number of rotatable bonds is 6. The Morgan fingerprint density at radius 1 is 1.11 bits per heavy atom. The van der Waals surface area contributed by atoms with Crippen LogP contribution in [0.3, 0.4) is 0 Å². The van der Waals surface area contributed by atoms with Crippen molar-refractivity contribution in [1.29, 1.82) is 0 Å². The monoisotopic (exact) mass is 517 g/mol. The number of fused-ring (bicyclic) bond motifs is 1. The minimum absolute atomic E-state index is 0.131. The lowest BCUT2D eigenvalue weighted by Gasteiger charge is -2.38. The molecule has 38 heavy (non-hydrogen) atoms. The van der Waals surface area contributed by atoms with Crippen LogP contribution in [0.25, 0.3) is 10.9 Å². The fraction of sp³-hybridized carbons (Fsp3) is 0.444. The molecular weight excluding hydrogens is 486 g/mol. The van der Waals surface area contributed by atoms with E-state index in [-0.39, 0.29) is 17.5 Å². The molecule has 1 atom stereocenters. The Morgan fingerprint density at radius 3 is 2.66 bits per heavy atom. The van der Waals surface area contributed by atoms with Crippen molar-refractivity contribution in [2.45, 2.75) is 44.2 Å². The van der Waals surface area contributed by atoms with E-state index in [1.54, 1.807) is 24.1 Å². The molecule has 2 fully saturated rings. The number of H-pyrrole nitrogens is 1. The number of carbonyl (C=O) groups is 1. The number of methoxy groups -OCH3 is 1. The van der Waals surface area contributed by atoms with Gasteiger partial charge in [-0.15, -0.1) is 5.10 Å². The zero-order valence-corrected chi connectivity index (χ0v) is 21.4. The van der Waals surface area contributed by atoms with Crippen LogP contribution in [0, 0.1) is 0 Å². The maximum absolute atomic E-state index is 13.5. The molecule has 11 nitrogen and oxygen atoms in total. The lowest BCUT2D eigenvalue weighted by molar-refractivity contribution is 0.0556. The Bertz CT molecular complexity index is 1460. The first-order valence-electron chi connectivity index (χ1n) is 13.2. The quantitative estimate of drug-likeness (QED) is 0.414. The second kappa shape index (κ2) is 10.4. The maximum Gasteiger partial charge on any atom is 0.289 e. The molecule has 0 radical (unpaired) electrons. The molecule has 1 amide bonds. The van der Waals surface area contributed by atoms with E-state index in [1.165, 1.54) is 12.7 Å². The van der Waals surface area contributed by atoms with Crippen molar-refractivity contribution in [3.8, 4) is 5.75 Å². The number of amides is 1. The molecule has 1 aromatic carbocycles. The molecule has 2 aliphatic rings. The highest BCUT2D eigenvalue weighted by Gasteiger charge is 2.35. The average molecular weight is 518 g/mol. The number of ether oxygens (including phenoxy) is 1. The molecule has 0 spiro atoms. The molecular formula is C27H31N7O4. The van der Waals surface area contributed by atoms with Crippen molar-refractivity contribution >= 4 is 16.8 Å². The second-order valence-corrected chi connectivity index (χ2v) is 9.99. The Morgan fingerprint density at radius 2 is 1.92 bits per heavy atom. The molecule has 1 N–H and O–H groups in total. The third kappa shape index (κ3) is 4.58. The summed E-state index contributed by atoms with van der Waals surface area (Å²) in [5.74, 6) is 1.57. The number of tetrazole rings is 1. The lowest BCUT2D eigenvalue weighted by Crippen LogP contribution is -2.51. The predicted octanol–water partition coefficient (Wildman–Crippen LogP) is 3.17. The third-order valence-electron chi connectivity index (χ3n) is 7.76. The van der Waals surface area contributed by atoms with E-state index in [0.717, 1.165) is 36.6 Å². The summed E-state index contributed by atoms with van der Waals surface area (Å²) in [7, 11) is 1.62. The molecule has 3 aromatic heterocycles. The van der Waals surface area contributed by atoms with Gasteiger partial charge in [0.05, 0.1) is 19.4 Å². The smallest absolute Gasteiger partial charge is 0.289 e. The average Bonchev–Trinajstić information content (AvgIpc) is 3.67. The maximum atomic E-state index is 13.5. The topological polar surface area (TPSA) is 122 Å². The van der Waals surface area contributed by atoms with Gasteiger partial charge in [-0.3, -0.25) is 14.5 Å². The molecule has 6 rings (SSSR count). The SMILES string of the molecule is COc1ccc2[nH]c(=O)c([C@@H](c3nnnn3C3CCCCC3)N3CCN(C(=O)c4ccco4)CC3)cc2c1. The Labute approximate surface area is 219 Å². The van der Waals surface area contributed by atoms with Crippen molar-refractivity contribution in [3.63, 3.8) is 0 Å². The summed E-state index contributed by atoms with van der Waals surface area (Å²) in [5, 5.41) is 13.8. The van der Waals surface area contributed by atoms with E-state index >= 15 is 0 Å². The zero-order valence-electron chi connectivity index (χ0n) is 21.4. The van der Waals surface area contributed by atoms with Gasteiger partial charge in [0.1, 0.15) is 11.8 Å². The van der Waals surface area contributed by atoms with Gasteiger partial charge in [0, 0.05) is 42.6 Å². The van der Waals surface area contributed by atoms with Gasteiger partial charge in [-0.1, -0.05) is 19.3 Å². The predicted molar refractivity (Wildman–Crippen MR) is 139 cm³/mol. The van der Waals surface area contributed by atoms with Crippen molar-refractivity contribution in [3.05, 3.63) is 70.2 Å². The Balaban J connectivity index is 1.38.